The third kappa shape index (κ3) is 35.4. The van der Waals surface area contributed by atoms with Gasteiger partial charge in [-0.15, -0.1) is 0 Å². The van der Waals surface area contributed by atoms with E-state index in [4.69, 9.17) is 14.2 Å². The third-order valence-corrected chi connectivity index (χ3v) is 8.30. The zero-order chi connectivity index (χ0) is 32.7. The van der Waals surface area contributed by atoms with Gasteiger partial charge >= 0.3 is 0 Å². The number of ether oxygens (including phenoxy) is 3. The number of unbranched alkanes of at least 4 members (excludes halogenated alkanes) is 24. The molecule has 0 aromatic carbocycles. The molecule has 0 saturated heterocycles. The average Bonchev–Trinajstić information content (AvgIpc) is 3.05. The summed E-state index contributed by atoms with van der Waals surface area (Å²) in [5, 5.41) is 0. The van der Waals surface area contributed by atoms with Crippen LogP contribution in [0.4, 0.5) is 0 Å². The van der Waals surface area contributed by atoms with E-state index in [0.717, 1.165) is 76.8 Å². The van der Waals surface area contributed by atoms with Gasteiger partial charge in [0.1, 0.15) is 12.6 Å². The number of hydrogen-bond acceptors (Lipinski definition) is 5. The lowest BCUT2D eigenvalue weighted by atomic mass is 10.1. The van der Waals surface area contributed by atoms with E-state index in [1.807, 2.05) is 0 Å². The number of carbonyl (C=O) groups excluding carboxylic acids is 2. The highest BCUT2D eigenvalue weighted by Crippen LogP contribution is 2.14. The number of hydrogen-bond donors (Lipinski definition) is 0. The van der Waals surface area contributed by atoms with Crippen LogP contribution in [-0.2, 0) is 23.8 Å². The van der Waals surface area contributed by atoms with E-state index in [0.29, 0.717) is 26.1 Å². The van der Waals surface area contributed by atoms with Crippen molar-refractivity contribution in [2.75, 3.05) is 13.2 Å². The highest BCUT2D eigenvalue weighted by atomic mass is 16.8. The van der Waals surface area contributed by atoms with Crippen molar-refractivity contribution in [3.8, 4) is 0 Å². The molecule has 0 saturated carbocycles. The van der Waals surface area contributed by atoms with E-state index in [1.165, 1.54) is 103 Å². The molecule has 5 heteroatoms. The fourth-order valence-electron chi connectivity index (χ4n) is 5.38. The molecule has 2 unspecified atom stereocenters. The Morgan fingerprint density at radius 3 is 1.07 bits per heavy atom. The molecule has 0 aromatic rings. The van der Waals surface area contributed by atoms with E-state index in [-0.39, 0.29) is 0 Å². The molecule has 0 radical (unpaired) electrons. The maximum absolute atomic E-state index is 10.5. The van der Waals surface area contributed by atoms with Crippen LogP contribution in [0.3, 0.4) is 0 Å². The zero-order valence-electron chi connectivity index (χ0n) is 29.9. The molecule has 5 nitrogen and oxygen atoms in total. The average molecular weight is 635 g/mol. The maximum Gasteiger partial charge on any atom is 0.180 e. The molecule has 2 atom stereocenters. The van der Waals surface area contributed by atoms with Gasteiger partial charge in [0.25, 0.3) is 0 Å². The Morgan fingerprint density at radius 2 is 0.711 bits per heavy atom. The van der Waals surface area contributed by atoms with Crippen LogP contribution in [0.15, 0.2) is 24.3 Å². The lowest BCUT2D eigenvalue weighted by molar-refractivity contribution is -0.208. The molecule has 0 aromatic heterocycles. The maximum atomic E-state index is 10.5. The van der Waals surface area contributed by atoms with Gasteiger partial charge in [-0.2, -0.15) is 0 Å². The van der Waals surface area contributed by atoms with Crippen LogP contribution in [0.1, 0.15) is 194 Å². The standard InChI is InChI=1S/C40H74O5/c1-3-5-7-9-19-25-31-37-43-39(33-27-21-15-11-13-17-23-29-35-41)45-40(44-38-32-26-20-10-8-6-4-2)34-28-22-16-12-14-18-24-30-36-42/h27-28,33-36,39-40H,3-26,29-32,37-38H2,1-2H3. The molecule has 0 fully saturated rings. The summed E-state index contributed by atoms with van der Waals surface area (Å²) in [6.45, 7) is 5.94. The van der Waals surface area contributed by atoms with Gasteiger partial charge in [0.2, 0.25) is 0 Å². The number of aldehydes is 2. The smallest absolute Gasteiger partial charge is 0.180 e. The van der Waals surface area contributed by atoms with Crippen molar-refractivity contribution in [1.82, 2.24) is 0 Å². The Hall–Kier alpha value is -1.30. The molecule has 0 heterocycles. The number of carbonyl (C=O) groups is 2. The SMILES string of the molecule is CCCCCCCCCOC(C=CCCCCCCCC=O)OC(C=CCCCCCCCC=O)OCCCCCCCCC. The molecule has 0 spiro atoms. The second-order valence-electron chi connectivity index (χ2n) is 12.7. The first-order valence-corrected chi connectivity index (χ1v) is 19.4. The van der Waals surface area contributed by atoms with Crippen LogP contribution >= 0.6 is 0 Å². The van der Waals surface area contributed by atoms with E-state index < -0.39 is 12.6 Å². The lowest BCUT2D eigenvalue weighted by Crippen LogP contribution is -2.25. The van der Waals surface area contributed by atoms with E-state index in [2.05, 4.69) is 38.2 Å². The molecule has 0 aliphatic heterocycles. The molecular weight excluding hydrogens is 560 g/mol. The zero-order valence-corrected chi connectivity index (χ0v) is 29.9. The Bertz CT molecular complexity index is 593. The molecule has 0 aliphatic carbocycles. The summed E-state index contributed by atoms with van der Waals surface area (Å²) in [6.07, 6.45) is 42.3. The van der Waals surface area contributed by atoms with Gasteiger partial charge in [-0.25, -0.2) is 0 Å². The van der Waals surface area contributed by atoms with E-state index in [9.17, 15) is 9.59 Å². The normalized spacial score (nSPS) is 13.2. The monoisotopic (exact) mass is 635 g/mol. The summed E-state index contributed by atoms with van der Waals surface area (Å²) < 4.78 is 19.0. The Morgan fingerprint density at radius 1 is 0.400 bits per heavy atom. The predicted octanol–water partition coefficient (Wildman–Crippen LogP) is 12.2. The molecule has 0 amide bonds. The molecule has 264 valence electrons. The van der Waals surface area contributed by atoms with Crippen molar-refractivity contribution in [2.24, 2.45) is 0 Å². The van der Waals surface area contributed by atoms with Crippen LogP contribution in [-0.4, -0.2) is 38.4 Å². The van der Waals surface area contributed by atoms with Crippen molar-refractivity contribution in [2.45, 2.75) is 206 Å². The molecule has 0 bridgehead atoms. The largest absolute Gasteiger partial charge is 0.349 e. The van der Waals surface area contributed by atoms with Gasteiger partial charge in [0, 0.05) is 12.8 Å². The van der Waals surface area contributed by atoms with Gasteiger partial charge in [-0.05, 0) is 63.5 Å². The van der Waals surface area contributed by atoms with Crippen LogP contribution < -0.4 is 0 Å². The molecule has 0 aliphatic rings. The fourth-order valence-corrected chi connectivity index (χ4v) is 5.38. The van der Waals surface area contributed by atoms with Crippen molar-refractivity contribution >= 4 is 12.6 Å². The summed E-state index contributed by atoms with van der Waals surface area (Å²) in [6, 6.07) is 0. The Kier molecular flexibility index (Phi) is 37.8. The van der Waals surface area contributed by atoms with E-state index >= 15 is 0 Å². The second kappa shape index (κ2) is 38.9. The van der Waals surface area contributed by atoms with Gasteiger partial charge in [0.15, 0.2) is 12.6 Å². The third-order valence-electron chi connectivity index (χ3n) is 8.30. The molecular formula is C40H74O5. The van der Waals surface area contributed by atoms with Gasteiger partial charge < -0.3 is 23.8 Å². The second-order valence-corrected chi connectivity index (χ2v) is 12.7. The van der Waals surface area contributed by atoms with Gasteiger partial charge in [-0.3, -0.25) is 0 Å². The highest BCUT2D eigenvalue weighted by Gasteiger charge is 2.13. The first-order chi connectivity index (χ1) is 22.3. The quantitative estimate of drug-likeness (QED) is 0.0293. The number of allylic oxidation sites excluding steroid dienone is 2. The van der Waals surface area contributed by atoms with Crippen molar-refractivity contribution < 1.29 is 23.8 Å². The summed E-state index contributed by atoms with van der Waals surface area (Å²) >= 11 is 0. The lowest BCUT2D eigenvalue weighted by Gasteiger charge is -2.22. The Balaban J connectivity index is 4.89. The van der Waals surface area contributed by atoms with E-state index in [1.54, 1.807) is 0 Å². The minimum Gasteiger partial charge on any atom is -0.349 e. The van der Waals surface area contributed by atoms with Crippen LogP contribution in [0.5, 0.6) is 0 Å². The van der Waals surface area contributed by atoms with Crippen LogP contribution in [0.2, 0.25) is 0 Å². The minimum atomic E-state index is -0.404. The van der Waals surface area contributed by atoms with Crippen LogP contribution in [0, 0.1) is 0 Å². The summed E-state index contributed by atoms with van der Waals surface area (Å²) in [7, 11) is 0. The number of rotatable bonds is 38. The first kappa shape index (κ1) is 43.7. The fraction of sp³-hybridized carbons (Fsp3) is 0.850. The molecule has 0 N–H and O–H groups in total. The van der Waals surface area contributed by atoms with Crippen molar-refractivity contribution in [1.29, 1.82) is 0 Å². The van der Waals surface area contributed by atoms with Gasteiger partial charge in [0.05, 0.1) is 13.2 Å². The highest BCUT2D eigenvalue weighted by molar-refractivity contribution is 5.49. The summed E-state index contributed by atoms with van der Waals surface area (Å²) in [4.78, 5) is 21.0. The van der Waals surface area contributed by atoms with Crippen LogP contribution in [0.25, 0.3) is 0 Å². The minimum absolute atomic E-state index is 0.404. The molecule has 0 rings (SSSR count). The predicted molar refractivity (Wildman–Crippen MR) is 192 cm³/mol. The van der Waals surface area contributed by atoms with Crippen molar-refractivity contribution in [3.63, 3.8) is 0 Å². The first-order valence-electron chi connectivity index (χ1n) is 19.4. The summed E-state index contributed by atoms with van der Waals surface area (Å²) in [5.41, 5.74) is 0. The van der Waals surface area contributed by atoms with Crippen molar-refractivity contribution in [3.05, 3.63) is 24.3 Å². The topological polar surface area (TPSA) is 61.8 Å². The Labute approximate surface area is 279 Å². The molecule has 45 heavy (non-hydrogen) atoms. The van der Waals surface area contributed by atoms with Gasteiger partial charge in [-0.1, -0.05) is 142 Å². The summed E-state index contributed by atoms with van der Waals surface area (Å²) in [5.74, 6) is 0.